The third-order valence-corrected chi connectivity index (χ3v) is 4.07. The first-order valence-electron chi connectivity index (χ1n) is 8.03. The number of hydrogen-bond acceptors (Lipinski definition) is 3. The molecule has 25 heavy (non-hydrogen) atoms. The number of amides is 1. The fourth-order valence-electron chi connectivity index (χ4n) is 2.74. The summed E-state index contributed by atoms with van der Waals surface area (Å²) in [7, 11) is 0. The van der Waals surface area contributed by atoms with E-state index in [1.807, 2.05) is 55.5 Å². The molecule has 4 aromatic rings. The Morgan fingerprint density at radius 2 is 1.96 bits per heavy atom. The number of anilines is 1. The van der Waals surface area contributed by atoms with Crippen LogP contribution in [0, 0.1) is 6.92 Å². The summed E-state index contributed by atoms with van der Waals surface area (Å²) in [5.41, 5.74) is 4.58. The fraction of sp³-hybridized carbons (Fsp3) is 0.105. The summed E-state index contributed by atoms with van der Waals surface area (Å²) in [6.07, 6.45) is 3.69. The molecule has 0 fully saturated rings. The van der Waals surface area contributed by atoms with E-state index in [2.05, 4.69) is 20.4 Å². The first kappa shape index (κ1) is 15.1. The van der Waals surface area contributed by atoms with Crippen molar-refractivity contribution in [2.24, 2.45) is 0 Å². The maximum Gasteiger partial charge on any atom is 0.229 e. The van der Waals surface area contributed by atoms with Crippen molar-refractivity contribution in [1.82, 2.24) is 19.7 Å². The zero-order valence-electron chi connectivity index (χ0n) is 13.7. The lowest BCUT2D eigenvalue weighted by Crippen LogP contribution is -2.14. The molecule has 0 bridgehead atoms. The van der Waals surface area contributed by atoms with Crippen LogP contribution in [0.25, 0.3) is 17.0 Å². The standard InChI is InChI=1S/C19H17N5O/c1-13-6-2-3-7-14(13)10-18(25)21-15-11-20-24(12-15)19-22-16-8-4-5-9-17(16)23-19/h2-9,11-12H,10H2,1H3,(H,21,25)(H,22,23). The van der Waals surface area contributed by atoms with Crippen LogP contribution in [0.3, 0.4) is 0 Å². The zero-order valence-corrected chi connectivity index (χ0v) is 13.7. The number of rotatable bonds is 4. The van der Waals surface area contributed by atoms with Crippen molar-refractivity contribution in [2.75, 3.05) is 5.32 Å². The molecule has 1 amide bonds. The summed E-state index contributed by atoms with van der Waals surface area (Å²) in [5.74, 6) is 0.541. The van der Waals surface area contributed by atoms with Gasteiger partial charge < -0.3 is 10.3 Å². The van der Waals surface area contributed by atoms with Gasteiger partial charge in [-0.15, -0.1) is 0 Å². The minimum Gasteiger partial charge on any atom is -0.323 e. The van der Waals surface area contributed by atoms with Gasteiger partial charge in [-0.1, -0.05) is 36.4 Å². The van der Waals surface area contributed by atoms with E-state index in [1.165, 1.54) is 0 Å². The first-order valence-corrected chi connectivity index (χ1v) is 8.03. The van der Waals surface area contributed by atoms with Crippen LogP contribution in [0.15, 0.2) is 60.9 Å². The van der Waals surface area contributed by atoms with Crippen molar-refractivity contribution in [3.8, 4) is 5.95 Å². The molecule has 0 aliphatic heterocycles. The molecule has 2 aromatic carbocycles. The van der Waals surface area contributed by atoms with Gasteiger partial charge in [0.1, 0.15) is 0 Å². The molecule has 2 aromatic heterocycles. The van der Waals surface area contributed by atoms with Crippen LogP contribution in [0.2, 0.25) is 0 Å². The Labute approximate surface area is 144 Å². The molecule has 6 nitrogen and oxygen atoms in total. The third-order valence-electron chi connectivity index (χ3n) is 4.07. The molecule has 0 spiro atoms. The van der Waals surface area contributed by atoms with Crippen LogP contribution < -0.4 is 5.32 Å². The largest absolute Gasteiger partial charge is 0.323 e. The van der Waals surface area contributed by atoms with Crippen molar-refractivity contribution in [1.29, 1.82) is 0 Å². The van der Waals surface area contributed by atoms with Gasteiger partial charge in [-0.3, -0.25) is 4.79 Å². The van der Waals surface area contributed by atoms with Crippen LogP contribution in [0.5, 0.6) is 0 Å². The number of nitrogens with zero attached hydrogens (tertiary/aromatic N) is 3. The van der Waals surface area contributed by atoms with Crippen molar-refractivity contribution in [2.45, 2.75) is 13.3 Å². The minimum absolute atomic E-state index is 0.0709. The van der Waals surface area contributed by atoms with E-state index in [1.54, 1.807) is 17.1 Å². The molecule has 0 aliphatic rings. The van der Waals surface area contributed by atoms with Gasteiger partial charge in [0.2, 0.25) is 11.9 Å². The van der Waals surface area contributed by atoms with Crippen LogP contribution >= 0.6 is 0 Å². The summed E-state index contributed by atoms with van der Waals surface area (Å²) in [5, 5.41) is 7.15. The van der Waals surface area contributed by atoms with Crippen molar-refractivity contribution >= 4 is 22.6 Å². The quantitative estimate of drug-likeness (QED) is 0.603. The Kier molecular flexibility index (Phi) is 3.78. The molecule has 0 aliphatic carbocycles. The predicted octanol–water partition coefficient (Wildman–Crippen LogP) is 3.24. The van der Waals surface area contributed by atoms with Gasteiger partial charge in [-0.2, -0.15) is 5.10 Å². The van der Waals surface area contributed by atoms with E-state index in [9.17, 15) is 4.79 Å². The van der Waals surface area contributed by atoms with E-state index in [4.69, 9.17) is 0 Å². The Bertz CT molecular complexity index is 1010. The summed E-state index contributed by atoms with van der Waals surface area (Å²) < 4.78 is 1.61. The second-order valence-electron chi connectivity index (χ2n) is 5.90. The molecule has 6 heteroatoms. The Morgan fingerprint density at radius 3 is 2.80 bits per heavy atom. The molecule has 0 radical (unpaired) electrons. The molecule has 2 heterocycles. The number of para-hydroxylation sites is 2. The summed E-state index contributed by atoms with van der Waals surface area (Å²) >= 11 is 0. The van der Waals surface area contributed by atoms with Crippen LogP contribution in [-0.2, 0) is 11.2 Å². The lowest BCUT2D eigenvalue weighted by molar-refractivity contribution is -0.115. The fourth-order valence-corrected chi connectivity index (χ4v) is 2.74. The van der Waals surface area contributed by atoms with Gasteiger partial charge in [0.25, 0.3) is 0 Å². The molecule has 4 rings (SSSR count). The maximum absolute atomic E-state index is 12.2. The van der Waals surface area contributed by atoms with Crippen molar-refractivity contribution < 1.29 is 4.79 Å². The topological polar surface area (TPSA) is 75.6 Å². The predicted molar refractivity (Wildman–Crippen MR) is 96.7 cm³/mol. The molecule has 0 saturated heterocycles. The van der Waals surface area contributed by atoms with Gasteiger partial charge in [0.05, 0.1) is 35.5 Å². The average molecular weight is 331 g/mol. The molecule has 0 atom stereocenters. The molecule has 0 saturated carbocycles. The highest BCUT2D eigenvalue weighted by Crippen LogP contribution is 2.15. The van der Waals surface area contributed by atoms with Crippen LogP contribution in [0.1, 0.15) is 11.1 Å². The van der Waals surface area contributed by atoms with Crippen LogP contribution in [0.4, 0.5) is 5.69 Å². The Morgan fingerprint density at radius 1 is 1.16 bits per heavy atom. The smallest absolute Gasteiger partial charge is 0.229 e. The van der Waals surface area contributed by atoms with Gasteiger partial charge in [0, 0.05) is 0 Å². The molecule has 0 unspecified atom stereocenters. The summed E-state index contributed by atoms with van der Waals surface area (Å²) in [4.78, 5) is 19.9. The molecular formula is C19H17N5O. The average Bonchev–Trinajstić information content (AvgIpc) is 3.23. The van der Waals surface area contributed by atoms with E-state index in [0.29, 0.717) is 18.1 Å². The van der Waals surface area contributed by atoms with E-state index in [-0.39, 0.29) is 5.91 Å². The number of carbonyl (C=O) groups is 1. The van der Waals surface area contributed by atoms with E-state index >= 15 is 0 Å². The zero-order chi connectivity index (χ0) is 17.2. The monoisotopic (exact) mass is 331 g/mol. The summed E-state index contributed by atoms with van der Waals surface area (Å²) in [6.45, 7) is 2.00. The lowest BCUT2D eigenvalue weighted by atomic mass is 10.1. The van der Waals surface area contributed by atoms with E-state index < -0.39 is 0 Å². The summed E-state index contributed by atoms with van der Waals surface area (Å²) in [6, 6.07) is 15.7. The number of aromatic nitrogens is 4. The first-order chi connectivity index (χ1) is 12.2. The number of nitrogens with one attached hydrogen (secondary N) is 2. The number of carbonyl (C=O) groups excluding carboxylic acids is 1. The van der Waals surface area contributed by atoms with Gasteiger partial charge in [-0.25, -0.2) is 9.67 Å². The number of aromatic amines is 1. The van der Waals surface area contributed by atoms with Gasteiger partial charge >= 0.3 is 0 Å². The number of fused-ring (bicyclic) bond motifs is 1. The maximum atomic E-state index is 12.2. The molecular weight excluding hydrogens is 314 g/mol. The Balaban J connectivity index is 1.49. The second kappa shape index (κ2) is 6.24. The van der Waals surface area contributed by atoms with Crippen molar-refractivity contribution in [3.05, 3.63) is 72.1 Å². The number of imidazole rings is 1. The normalized spacial score (nSPS) is 10.9. The lowest BCUT2D eigenvalue weighted by Gasteiger charge is -2.05. The van der Waals surface area contributed by atoms with Gasteiger partial charge in [0.15, 0.2) is 0 Å². The second-order valence-corrected chi connectivity index (χ2v) is 5.90. The van der Waals surface area contributed by atoms with Crippen molar-refractivity contribution in [3.63, 3.8) is 0 Å². The molecule has 124 valence electrons. The van der Waals surface area contributed by atoms with Gasteiger partial charge in [-0.05, 0) is 30.2 Å². The highest BCUT2D eigenvalue weighted by atomic mass is 16.1. The number of hydrogen-bond donors (Lipinski definition) is 2. The SMILES string of the molecule is Cc1ccccc1CC(=O)Nc1cnn(-c2nc3ccccc3[nH]2)c1. The molecule has 2 N–H and O–H groups in total. The highest BCUT2D eigenvalue weighted by Gasteiger charge is 2.10. The highest BCUT2D eigenvalue weighted by molar-refractivity contribution is 5.92. The Hall–Kier alpha value is -3.41. The number of benzene rings is 2. The van der Waals surface area contributed by atoms with E-state index in [0.717, 1.165) is 22.2 Å². The third kappa shape index (κ3) is 3.14. The number of aryl methyl sites for hydroxylation is 1. The van der Waals surface area contributed by atoms with Crippen LogP contribution in [-0.4, -0.2) is 25.7 Å². The minimum atomic E-state index is -0.0709. The number of H-pyrrole nitrogens is 1.